The molecule has 0 N–H and O–H groups in total. The standard InChI is InChI=1S/C32H43N6O2S/c1-5-30(39)38-18-17-37(20-25(38)14-15-33)31-28(12-11-27-10-9-24-19-22(2)8-13-29(24)41-27)23(3)34-32(35-31)40-21-26-7-6-16-36(26)4/h5,8,13,19,23,25-27H,1,6-7,9-12,14,16-18,20-21H2,2-4H3/t23?,25?,26?,27-/m1/s1. The van der Waals surface area contributed by atoms with Gasteiger partial charge in [0.1, 0.15) is 12.4 Å². The molecule has 1 radical (unpaired) electrons. The van der Waals surface area contributed by atoms with Crippen molar-refractivity contribution in [1.29, 1.82) is 5.26 Å². The number of nitrogens with zero attached hydrogens (tertiary/aromatic N) is 6. The number of nitriles is 1. The summed E-state index contributed by atoms with van der Waals surface area (Å²) in [5.74, 6) is 2.03. The lowest BCUT2D eigenvalue weighted by molar-refractivity contribution is -0.129. The Labute approximate surface area is 249 Å². The van der Waals surface area contributed by atoms with Crippen LogP contribution in [0, 0.1) is 24.2 Å². The molecule has 0 bridgehead atoms. The van der Waals surface area contributed by atoms with E-state index in [4.69, 9.17) is 14.7 Å². The maximum atomic E-state index is 12.5. The van der Waals surface area contributed by atoms with E-state index >= 15 is 0 Å². The fourth-order valence-electron chi connectivity index (χ4n) is 6.47. The first-order valence-electron chi connectivity index (χ1n) is 15.0. The van der Waals surface area contributed by atoms with Gasteiger partial charge in [-0.1, -0.05) is 24.3 Å². The first-order valence-corrected chi connectivity index (χ1v) is 15.9. The van der Waals surface area contributed by atoms with Crippen LogP contribution in [0.5, 0.6) is 0 Å². The van der Waals surface area contributed by atoms with Crippen molar-refractivity contribution < 1.29 is 9.53 Å². The number of fused-ring (bicyclic) bond motifs is 1. The second-order valence-electron chi connectivity index (χ2n) is 11.8. The summed E-state index contributed by atoms with van der Waals surface area (Å²) in [4.78, 5) is 30.2. The monoisotopic (exact) mass is 575 g/mol. The van der Waals surface area contributed by atoms with Crippen LogP contribution in [0.3, 0.4) is 0 Å². The van der Waals surface area contributed by atoms with Crippen molar-refractivity contribution in [3.8, 4) is 6.07 Å². The Bertz CT molecular complexity index is 1230. The third-order valence-electron chi connectivity index (χ3n) is 8.92. The molecule has 4 atom stereocenters. The Hall–Kier alpha value is -2.83. The molecule has 0 saturated carbocycles. The van der Waals surface area contributed by atoms with Gasteiger partial charge in [-0.3, -0.25) is 4.79 Å². The molecule has 0 aliphatic carbocycles. The second kappa shape index (κ2) is 13.4. The number of amidine groups is 2. The minimum absolute atomic E-state index is 0.0374. The number of aliphatic imine (C=N–C) groups is 2. The summed E-state index contributed by atoms with van der Waals surface area (Å²) in [5.41, 5.74) is 2.80. The Morgan fingerprint density at radius 1 is 1.27 bits per heavy atom. The minimum atomic E-state index is -0.206. The van der Waals surface area contributed by atoms with Gasteiger partial charge in [0, 0.05) is 35.8 Å². The van der Waals surface area contributed by atoms with Crippen LogP contribution in [0.1, 0.15) is 56.6 Å². The predicted molar refractivity (Wildman–Crippen MR) is 165 cm³/mol. The van der Waals surface area contributed by atoms with Crippen molar-refractivity contribution in [1.82, 2.24) is 14.7 Å². The molecule has 4 aliphatic heterocycles. The van der Waals surface area contributed by atoms with E-state index in [-0.39, 0.29) is 24.4 Å². The zero-order chi connectivity index (χ0) is 28.9. The number of rotatable bonds is 7. The Morgan fingerprint density at radius 3 is 2.88 bits per heavy atom. The summed E-state index contributed by atoms with van der Waals surface area (Å²) in [6.07, 6.45) is 8.22. The Morgan fingerprint density at radius 2 is 2.12 bits per heavy atom. The number of thioether (sulfide) groups is 1. The lowest BCUT2D eigenvalue weighted by Gasteiger charge is -2.44. The van der Waals surface area contributed by atoms with Crippen LogP contribution in [0.2, 0.25) is 0 Å². The molecular weight excluding hydrogens is 532 g/mol. The van der Waals surface area contributed by atoms with Crippen molar-refractivity contribution in [3.05, 3.63) is 47.9 Å². The SMILES string of the molecule is C=CC(=O)N1CCN(C2=NC(OCC3CCCN3C)=NC(C)[C]2CC[C@H]2CCc3cc(C)ccc3S2)CC1CC#N. The molecule has 2 fully saturated rings. The number of aryl methyl sites for hydroxylation is 2. The van der Waals surface area contributed by atoms with E-state index in [1.165, 1.54) is 40.9 Å². The Balaban J connectivity index is 1.32. The van der Waals surface area contributed by atoms with E-state index < -0.39 is 0 Å². The lowest BCUT2D eigenvalue weighted by Crippen LogP contribution is -2.58. The summed E-state index contributed by atoms with van der Waals surface area (Å²) in [5, 5.41) is 10.1. The molecule has 1 aromatic rings. The van der Waals surface area contributed by atoms with Gasteiger partial charge in [-0.15, -0.1) is 11.8 Å². The molecule has 8 nitrogen and oxygen atoms in total. The zero-order valence-electron chi connectivity index (χ0n) is 24.7. The van der Waals surface area contributed by atoms with E-state index in [0.717, 1.165) is 38.1 Å². The number of hydrogen-bond donors (Lipinski definition) is 0. The molecule has 9 heteroatoms. The first kappa shape index (κ1) is 29.7. The zero-order valence-corrected chi connectivity index (χ0v) is 25.5. The van der Waals surface area contributed by atoms with Gasteiger partial charge in [0.25, 0.3) is 0 Å². The fraction of sp³-hybridized carbons (Fsp3) is 0.594. The summed E-state index contributed by atoms with van der Waals surface area (Å²) < 4.78 is 6.22. The highest BCUT2D eigenvalue weighted by molar-refractivity contribution is 8.00. The first-order chi connectivity index (χ1) is 19.9. The Kier molecular flexibility index (Phi) is 9.72. The molecule has 2 saturated heterocycles. The van der Waals surface area contributed by atoms with Crippen LogP contribution in [-0.2, 0) is 16.0 Å². The number of piperazine rings is 1. The molecule has 0 spiro atoms. The second-order valence-corrected chi connectivity index (χ2v) is 13.1. The van der Waals surface area contributed by atoms with Crippen molar-refractivity contribution in [2.75, 3.05) is 39.8 Å². The average Bonchev–Trinajstić information content (AvgIpc) is 3.39. The van der Waals surface area contributed by atoms with Gasteiger partial charge in [0.15, 0.2) is 0 Å². The van der Waals surface area contributed by atoms with E-state index in [9.17, 15) is 10.1 Å². The maximum Gasteiger partial charge on any atom is 0.313 e. The third kappa shape index (κ3) is 6.98. The van der Waals surface area contributed by atoms with Crippen molar-refractivity contribution in [2.45, 2.75) is 87.1 Å². The van der Waals surface area contributed by atoms with Gasteiger partial charge < -0.3 is 19.4 Å². The van der Waals surface area contributed by atoms with Gasteiger partial charge in [-0.2, -0.15) is 10.3 Å². The highest BCUT2D eigenvalue weighted by Crippen LogP contribution is 2.39. The lowest BCUT2D eigenvalue weighted by atomic mass is 9.90. The quantitative estimate of drug-likeness (QED) is 0.441. The van der Waals surface area contributed by atoms with Crippen LogP contribution in [-0.4, -0.2) is 95.7 Å². The number of benzene rings is 1. The van der Waals surface area contributed by atoms with Crippen LogP contribution < -0.4 is 0 Å². The van der Waals surface area contributed by atoms with Crippen LogP contribution in [0.25, 0.3) is 0 Å². The normalized spacial score (nSPS) is 27.1. The number of likely N-dealkylation sites (N-methyl/N-ethyl adjacent to an activating group) is 1. The van der Waals surface area contributed by atoms with Gasteiger partial charge in [-0.05, 0) is 83.7 Å². The molecule has 1 aromatic carbocycles. The molecule has 4 aliphatic rings. The molecule has 1 amide bonds. The summed E-state index contributed by atoms with van der Waals surface area (Å²) in [7, 11) is 2.15. The topological polar surface area (TPSA) is 84.5 Å². The number of amides is 1. The summed E-state index contributed by atoms with van der Waals surface area (Å²) >= 11 is 2.01. The van der Waals surface area contributed by atoms with E-state index in [2.05, 4.69) is 61.5 Å². The van der Waals surface area contributed by atoms with Crippen molar-refractivity contribution in [3.63, 3.8) is 0 Å². The van der Waals surface area contributed by atoms with E-state index in [1.807, 2.05) is 11.8 Å². The van der Waals surface area contributed by atoms with Gasteiger partial charge in [-0.25, -0.2) is 4.99 Å². The molecular formula is C32H43N6O2S. The highest BCUT2D eigenvalue weighted by Gasteiger charge is 2.38. The van der Waals surface area contributed by atoms with Crippen molar-refractivity contribution >= 4 is 29.5 Å². The van der Waals surface area contributed by atoms with Crippen LogP contribution in [0.15, 0.2) is 45.7 Å². The third-order valence-corrected chi connectivity index (χ3v) is 10.4. The minimum Gasteiger partial charge on any atom is -0.462 e. The molecule has 3 unspecified atom stereocenters. The average molecular weight is 576 g/mol. The molecule has 5 rings (SSSR count). The maximum absolute atomic E-state index is 12.5. The van der Waals surface area contributed by atoms with Gasteiger partial charge in [0.2, 0.25) is 5.91 Å². The summed E-state index contributed by atoms with van der Waals surface area (Å²) in [6, 6.07) is 9.70. The number of carbonyl (C=O) groups excluding carboxylic acids is 1. The smallest absolute Gasteiger partial charge is 0.313 e. The number of carbonyl (C=O) groups is 1. The van der Waals surface area contributed by atoms with E-state index in [0.29, 0.717) is 43.6 Å². The molecule has 219 valence electrons. The van der Waals surface area contributed by atoms with Crippen molar-refractivity contribution in [2.24, 2.45) is 9.98 Å². The van der Waals surface area contributed by atoms with Gasteiger partial charge >= 0.3 is 6.02 Å². The molecule has 41 heavy (non-hydrogen) atoms. The van der Waals surface area contributed by atoms with Gasteiger partial charge in [0.05, 0.1) is 30.5 Å². The largest absolute Gasteiger partial charge is 0.462 e. The van der Waals surface area contributed by atoms with Crippen LogP contribution >= 0.6 is 11.8 Å². The predicted octanol–water partition coefficient (Wildman–Crippen LogP) is 4.64. The summed E-state index contributed by atoms with van der Waals surface area (Å²) in [6.45, 7) is 11.4. The number of hydrogen-bond acceptors (Lipinski definition) is 8. The fourth-order valence-corrected chi connectivity index (χ4v) is 7.76. The van der Waals surface area contributed by atoms with Crippen LogP contribution in [0.4, 0.5) is 0 Å². The highest BCUT2D eigenvalue weighted by atomic mass is 32.2. The molecule has 0 aromatic heterocycles. The number of likely N-dealkylation sites (tertiary alicyclic amines) is 1. The molecule has 4 heterocycles. The van der Waals surface area contributed by atoms with E-state index in [1.54, 1.807) is 4.90 Å². The number of ether oxygens (including phenoxy) is 1.